The van der Waals surface area contributed by atoms with E-state index in [9.17, 15) is 0 Å². The summed E-state index contributed by atoms with van der Waals surface area (Å²) >= 11 is 0. The van der Waals surface area contributed by atoms with Crippen LogP contribution in [0, 0.1) is 5.92 Å². The summed E-state index contributed by atoms with van der Waals surface area (Å²) in [6.07, 6.45) is 8.98. The quantitative estimate of drug-likeness (QED) is 0.806. The smallest absolute Gasteiger partial charge is 0.168 e. The van der Waals surface area contributed by atoms with Gasteiger partial charge >= 0.3 is 0 Å². The predicted octanol–water partition coefficient (Wildman–Crippen LogP) is 3.77. The summed E-state index contributed by atoms with van der Waals surface area (Å²) in [5.74, 6) is 0.401. The normalized spacial score (nSPS) is 28.6. The predicted molar refractivity (Wildman–Crippen MR) is 103 cm³/mol. The minimum absolute atomic E-state index is 0.252. The number of benzene rings is 1. The van der Waals surface area contributed by atoms with E-state index in [4.69, 9.17) is 14.2 Å². The minimum Gasteiger partial charge on any atom is -0.384 e. The maximum Gasteiger partial charge on any atom is 0.168 e. The Labute approximate surface area is 156 Å². The van der Waals surface area contributed by atoms with Crippen molar-refractivity contribution in [2.45, 2.75) is 56.4 Å². The molecule has 1 spiro atoms. The van der Waals surface area contributed by atoms with Crippen molar-refractivity contribution in [1.82, 2.24) is 5.32 Å². The van der Waals surface area contributed by atoms with Crippen molar-refractivity contribution in [2.24, 2.45) is 5.92 Å². The molecule has 1 aromatic carbocycles. The van der Waals surface area contributed by atoms with Crippen LogP contribution in [0.4, 0.5) is 0 Å². The Kier molecular flexibility index (Phi) is 5.75. The molecule has 1 unspecified atom stereocenters. The Morgan fingerprint density at radius 1 is 1.19 bits per heavy atom. The zero-order valence-corrected chi connectivity index (χ0v) is 15.8. The summed E-state index contributed by atoms with van der Waals surface area (Å²) in [6, 6.07) is 11.9. The lowest BCUT2D eigenvalue weighted by atomic mass is 9.90. The topological polar surface area (TPSA) is 39.7 Å². The van der Waals surface area contributed by atoms with Gasteiger partial charge in [-0.05, 0) is 37.2 Å². The van der Waals surface area contributed by atoms with Crippen LogP contribution in [0.2, 0.25) is 0 Å². The van der Waals surface area contributed by atoms with Gasteiger partial charge in [-0.1, -0.05) is 42.0 Å². The SMILES string of the molecule is COCC/C(=C\c1ccccc1)[C@@H]1CC1NC1CCC2(CC1)OCCO2. The first-order chi connectivity index (χ1) is 12.8. The second-order valence-corrected chi connectivity index (χ2v) is 7.87. The molecule has 0 amide bonds. The van der Waals surface area contributed by atoms with Gasteiger partial charge in [-0.3, -0.25) is 0 Å². The van der Waals surface area contributed by atoms with Crippen LogP contribution in [0.3, 0.4) is 0 Å². The van der Waals surface area contributed by atoms with E-state index in [0.29, 0.717) is 18.0 Å². The highest BCUT2D eigenvalue weighted by Gasteiger charge is 2.44. The van der Waals surface area contributed by atoms with Crippen LogP contribution in [0.1, 0.15) is 44.1 Å². The van der Waals surface area contributed by atoms with Gasteiger partial charge in [0.25, 0.3) is 0 Å². The molecule has 0 bridgehead atoms. The fraction of sp³-hybridized carbons (Fsp3) is 0.636. The summed E-state index contributed by atoms with van der Waals surface area (Å²) in [6.45, 7) is 2.31. The second kappa shape index (κ2) is 8.22. The molecule has 26 heavy (non-hydrogen) atoms. The lowest BCUT2D eigenvalue weighted by Crippen LogP contribution is -2.43. The standard InChI is InChI=1S/C22H31NO3/c1-24-12-9-18(15-17-5-3-2-4-6-17)20-16-21(20)23-19-7-10-22(11-8-19)25-13-14-26-22/h2-6,15,19-21,23H,7-14,16H2,1H3/b18-15+/t20-,21?/m0/s1. The Balaban J connectivity index is 1.31. The van der Waals surface area contributed by atoms with Crippen molar-refractivity contribution in [3.63, 3.8) is 0 Å². The van der Waals surface area contributed by atoms with Crippen LogP contribution >= 0.6 is 0 Å². The fourth-order valence-electron chi connectivity index (χ4n) is 4.45. The molecule has 0 radical (unpaired) electrons. The lowest BCUT2D eigenvalue weighted by Gasteiger charge is -2.35. The van der Waals surface area contributed by atoms with E-state index in [1.807, 2.05) is 0 Å². The third-order valence-corrected chi connectivity index (χ3v) is 6.02. The van der Waals surface area contributed by atoms with Crippen LogP contribution in [0.5, 0.6) is 0 Å². The van der Waals surface area contributed by atoms with Gasteiger partial charge in [-0.25, -0.2) is 0 Å². The molecule has 4 rings (SSSR count). The molecule has 3 aliphatic rings. The average molecular weight is 357 g/mol. The third kappa shape index (κ3) is 4.37. The fourth-order valence-corrected chi connectivity index (χ4v) is 4.45. The summed E-state index contributed by atoms with van der Waals surface area (Å²) < 4.78 is 17.0. The summed E-state index contributed by atoms with van der Waals surface area (Å²) in [5, 5.41) is 3.90. The molecule has 2 saturated carbocycles. The van der Waals surface area contributed by atoms with Gasteiger partial charge in [-0.2, -0.15) is 0 Å². The minimum atomic E-state index is -0.252. The highest BCUT2D eigenvalue weighted by Crippen LogP contribution is 2.42. The van der Waals surface area contributed by atoms with Gasteiger partial charge in [0.15, 0.2) is 5.79 Å². The molecule has 4 nitrogen and oxygen atoms in total. The van der Waals surface area contributed by atoms with Gasteiger partial charge in [0.05, 0.1) is 13.2 Å². The van der Waals surface area contributed by atoms with E-state index in [2.05, 4.69) is 41.7 Å². The van der Waals surface area contributed by atoms with E-state index in [-0.39, 0.29) is 5.79 Å². The molecule has 142 valence electrons. The van der Waals surface area contributed by atoms with Crippen molar-refractivity contribution in [1.29, 1.82) is 0 Å². The van der Waals surface area contributed by atoms with Crippen LogP contribution in [0.15, 0.2) is 35.9 Å². The third-order valence-electron chi connectivity index (χ3n) is 6.02. The summed E-state index contributed by atoms with van der Waals surface area (Å²) in [4.78, 5) is 0. The van der Waals surface area contributed by atoms with Crippen LogP contribution in [-0.4, -0.2) is 44.8 Å². The van der Waals surface area contributed by atoms with E-state index in [0.717, 1.165) is 51.9 Å². The zero-order valence-electron chi connectivity index (χ0n) is 15.8. The molecule has 1 heterocycles. The molecule has 0 aromatic heterocycles. The number of methoxy groups -OCH3 is 1. The van der Waals surface area contributed by atoms with E-state index in [1.54, 1.807) is 7.11 Å². The maximum atomic E-state index is 5.85. The van der Waals surface area contributed by atoms with E-state index < -0.39 is 0 Å². The lowest BCUT2D eigenvalue weighted by molar-refractivity contribution is -0.179. The second-order valence-electron chi connectivity index (χ2n) is 7.87. The number of rotatable bonds is 7. The van der Waals surface area contributed by atoms with Crippen molar-refractivity contribution < 1.29 is 14.2 Å². The van der Waals surface area contributed by atoms with Crippen molar-refractivity contribution in [3.8, 4) is 0 Å². The average Bonchev–Trinajstić information content (AvgIpc) is 3.29. The van der Waals surface area contributed by atoms with Crippen molar-refractivity contribution >= 4 is 6.08 Å². The molecule has 2 aliphatic carbocycles. The van der Waals surface area contributed by atoms with Crippen LogP contribution < -0.4 is 5.32 Å². The molecule has 1 aliphatic heterocycles. The molecular weight excluding hydrogens is 326 g/mol. The molecule has 4 heteroatoms. The first-order valence-electron chi connectivity index (χ1n) is 10.1. The van der Waals surface area contributed by atoms with Gasteiger partial charge in [0.2, 0.25) is 0 Å². The van der Waals surface area contributed by atoms with Crippen molar-refractivity contribution in [2.75, 3.05) is 26.9 Å². The largest absolute Gasteiger partial charge is 0.384 e. The number of hydrogen-bond acceptors (Lipinski definition) is 4. The molecule has 1 aromatic rings. The Hall–Kier alpha value is -1.20. The number of hydrogen-bond donors (Lipinski definition) is 1. The molecule has 2 atom stereocenters. The molecule has 1 N–H and O–H groups in total. The Bertz CT molecular complexity index is 599. The van der Waals surface area contributed by atoms with Gasteiger partial charge in [0, 0.05) is 38.6 Å². The number of nitrogens with one attached hydrogen (secondary N) is 1. The monoisotopic (exact) mass is 357 g/mol. The van der Waals surface area contributed by atoms with Gasteiger partial charge in [-0.15, -0.1) is 0 Å². The number of ether oxygens (including phenoxy) is 3. The first kappa shape index (κ1) is 18.2. The maximum absolute atomic E-state index is 5.85. The van der Waals surface area contributed by atoms with Gasteiger partial charge < -0.3 is 19.5 Å². The summed E-state index contributed by atoms with van der Waals surface area (Å²) in [7, 11) is 1.79. The highest BCUT2D eigenvalue weighted by atomic mass is 16.7. The molecule has 3 fully saturated rings. The molecule has 1 saturated heterocycles. The van der Waals surface area contributed by atoms with E-state index in [1.165, 1.54) is 17.6 Å². The first-order valence-corrected chi connectivity index (χ1v) is 10.1. The van der Waals surface area contributed by atoms with Crippen LogP contribution in [-0.2, 0) is 14.2 Å². The zero-order chi connectivity index (χ0) is 17.8. The molecular formula is C22H31NO3. The highest BCUT2D eigenvalue weighted by molar-refractivity contribution is 5.54. The van der Waals surface area contributed by atoms with Crippen LogP contribution in [0.25, 0.3) is 6.08 Å². The van der Waals surface area contributed by atoms with Crippen molar-refractivity contribution in [3.05, 3.63) is 41.5 Å². The summed E-state index contributed by atoms with van der Waals surface area (Å²) in [5.41, 5.74) is 2.81. The van der Waals surface area contributed by atoms with E-state index >= 15 is 0 Å². The Morgan fingerprint density at radius 3 is 2.62 bits per heavy atom. The van der Waals surface area contributed by atoms with Gasteiger partial charge in [0.1, 0.15) is 0 Å². The Morgan fingerprint density at radius 2 is 1.92 bits per heavy atom.